The van der Waals surface area contributed by atoms with Crippen molar-refractivity contribution in [3.63, 3.8) is 0 Å². The first kappa shape index (κ1) is 21.8. The number of benzene rings is 2. The van der Waals surface area contributed by atoms with E-state index in [2.05, 4.69) is 13.2 Å². The predicted octanol–water partition coefficient (Wildman–Crippen LogP) is 3.70. The van der Waals surface area contributed by atoms with Crippen LogP contribution in [0.5, 0.6) is 5.88 Å². The maximum atomic E-state index is 13.4. The van der Waals surface area contributed by atoms with Gasteiger partial charge in [-0.05, 0) is 35.4 Å². The number of nitrogens with zero attached hydrogens (tertiary/aromatic N) is 2. The normalized spacial score (nSPS) is 10.8. The summed E-state index contributed by atoms with van der Waals surface area (Å²) in [5.74, 6) is -4.08. The molecule has 9 heteroatoms. The molecule has 0 spiro atoms. The first-order chi connectivity index (χ1) is 14.5. The highest BCUT2D eigenvalue weighted by molar-refractivity contribution is 5.52. The van der Waals surface area contributed by atoms with Gasteiger partial charge in [0.1, 0.15) is 23.3 Å². The third-order valence-corrected chi connectivity index (χ3v) is 4.38. The van der Waals surface area contributed by atoms with E-state index >= 15 is 0 Å². The number of halogens is 4. The summed E-state index contributed by atoms with van der Waals surface area (Å²) < 4.78 is 55.0. The average Bonchev–Trinajstić information content (AvgIpc) is 2.59. The summed E-state index contributed by atoms with van der Waals surface area (Å²) in [6.45, 7) is 7.29. The van der Waals surface area contributed by atoms with Gasteiger partial charge in [-0.25, -0.2) is 31.5 Å². The SMILES string of the molecule is C=C(Cc1cc(F)cc(F)c1)n1c(O)cc(=O)n(C(=C)Cc2cc(F)cc(F)c2)c1=O. The number of hydrogen-bond donors (Lipinski definition) is 1. The van der Waals surface area contributed by atoms with Crippen LogP contribution in [0.25, 0.3) is 11.4 Å². The second kappa shape index (κ2) is 8.47. The molecule has 0 aliphatic rings. The van der Waals surface area contributed by atoms with Gasteiger partial charge in [-0.2, -0.15) is 0 Å². The molecule has 1 aromatic heterocycles. The van der Waals surface area contributed by atoms with Gasteiger partial charge in [0.05, 0.1) is 6.07 Å². The summed E-state index contributed by atoms with van der Waals surface area (Å²) >= 11 is 0. The Kier molecular flexibility index (Phi) is 5.96. The molecule has 0 atom stereocenters. The largest absolute Gasteiger partial charge is 0.494 e. The van der Waals surface area contributed by atoms with Crippen LogP contribution in [-0.4, -0.2) is 14.2 Å². The van der Waals surface area contributed by atoms with Crippen molar-refractivity contribution in [3.8, 4) is 5.88 Å². The van der Waals surface area contributed by atoms with E-state index in [1.54, 1.807) is 0 Å². The van der Waals surface area contributed by atoms with Crippen molar-refractivity contribution in [2.75, 3.05) is 0 Å². The molecule has 31 heavy (non-hydrogen) atoms. The maximum absolute atomic E-state index is 13.4. The van der Waals surface area contributed by atoms with Crippen LogP contribution >= 0.6 is 0 Å². The number of allylic oxidation sites excluding steroid dienone is 2. The summed E-state index contributed by atoms with van der Waals surface area (Å²) in [6, 6.07) is 6.19. The Morgan fingerprint density at radius 3 is 1.52 bits per heavy atom. The van der Waals surface area contributed by atoms with E-state index in [-0.39, 0.29) is 35.4 Å². The second-order valence-corrected chi connectivity index (χ2v) is 6.84. The third-order valence-electron chi connectivity index (χ3n) is 4.38. The average molecular weight is 432 g/mol. The zero-order valence-corrected chi connectivity index (χ0v) is 16.0. The van der Waals surface area contributed by atoms with E-state index in [0.717, 1.165) is 30.3 Å². The highest BCUT2D eigenvalue weighted by Crippen LogP contribution is 2.18. The van der Waals surface area contributed by atoms with Crippen molar-refractivity contribution < 1.29 is 22.7 Å². The van der Waals surface area contributed by atoms with Crippen molar-refractivity contribution in [2.45, 2.75) is 12.8 Å². The summed E-state index contributed by atoms with van der Waals surface area (Å²) in [5.41, 5.74) is -1.90. The molecule has 0 bridgehead atoms. The summed E-state index contributed by atoms with van der Waals surface area (Å²) in [4.78, 5) is 25.2. The lowest BCUT2D eigenvalue weighted by Crippen LogP contribution is -2.38. The first-order valence-corrected chi connectivity index (χ1v) is 8.89. The van der Waals surface area contributed by atoms with Gasteiger partial charge in [-0.1, -0.05) is 13.2 Å². The van der Waals surface area contributed by atoms with Gasteiger partial charge in [0.2, 0.25) is 5.88 Å². The van der Waals surface area contributed by atoms with Crippen molar-refractivity contribution in [3.05, 3.63) is 111 Å². The number of rotatable bonds is 6. The fourth-order valence-electron chi connectivity index (χ4n) is 3.18. The van der Waals surface area contributed by atoms with Gasteiger partial charge in [-0.15, -0.1) is 0 Å². The Morgan fingerprint density at radius 2 is 1.10 bits per heavy atom. The Bertz CT molecular complexity index is 1280. The lowest BCUT2D eigenvalue weighted by Gasteiger charge is -2.15. The van der Waals surface area contributed by atoms with Crippen LogP contribution in [0.1, 0.15) is 11.1 Å². The van der Waals surface area contributed by atoms with E-state index in [1.165, 1.54) is 0 Å². The van der Waals surface area contributed by atoms with E-state index in [9.17, 15) is 32.3 Å². The molecule has 5 nitrogen and oxygen atoms in total. The molecule has 0 fully saturated rings. The molecular formula is C22H16F4N2O3. The van der Waals surface area contributed by atoms with Crippen LogP contribution in [-0.2, 0) is 12.8 Å². The summed E-state index contributed by atoms with van der Waals surface area (Å²) in [6.07, 6.45) is -0.460. The van der Waals surface area contributed by atoms with Crippen molar-refractivity contribution in [2.24, 2.45) is 0 Å². The molecule has 2 aromatic carbocycles. The smallest absolute Gasteiger partial charge is 0.342 e. The fraction of sp³-hybridized carbons (Fsp3) is 0.0909. The van der Waals surface area contributed by atoms with E-state index in [0.29, 0.717) is 21.3 Å². The first-order valence-electron chi connectivity index (χ1n) is 8.89. The molecule has 160 valence electrons. The van der Waals surface area contributed by atoms with Gasteiger partial charge < -0.3 is 5.11 Å². The number of hydrogen-bond acceptors (Lipinski definition) is 3. The molecule has 1 heterocycles. The Morgan fingerprint density at radius 1 is 0.710 bits per heavy atom. The van der Waals surface area contributed by atoms with Gasteiger partial charge in [0.15, 0.2) is 0 Å². The molecule has 0 saturated carbocycles. The van der Waals surface area contributed by atoms with E-state index in [1.807, 2.05) is 0 Å². The van der Waals surface area contributed by atoms with Crippen LogP contribution in [0.3, 0.4) is 0 Å². The van der Waals surface area contributed by atoms with Crippen LogP contribution < -0.4 is 11.2 Å². The molecule has 3 aromatic rings. The van der Waals surface area contributed by atoms with Crippen LogP contribution in [0.15, 0.2) is 65.2 Å². The highest BCUT2D eigenvalue weighted by Gasteiger charge is 2.17. The zero-order valence-electron chi connectivity index (χ0n) is 16.0. The number of aromatic hydroxyl groups is 1. The van der Waals surface area contributed by atoms with Crippen LogP contribution in [0, 0.1) is 23.3 Å². The molecule has 0 aliphatic carbocycles. The Balaban J connectivity index is 1.99. The monoisotopic (exact) mass is 432 g/mol. The molecule has 0 aliphatic heterocycles. The van der Waals surface area contributed by atoms with Gasteiger partial charge >= 0.3 is 5.69 Å². The lowest BCUT2D eigenvalue weighted by atomic mass is 10.1. The summed E-state index contributed by atoms with van der Waals surface area (Å²) in [7, 11) is 0. The minimum Gasteiger partial charge on any atom is -0.494 e. The van der Waals surface area contributed by atoms with Gasteiger partial charge in [-0.3, -0.25) is 4.79 Å². The lowest BCUT2D eigenvalue weighted by molar-refractivity contribution is 0.429. The molecule has 3 rings (SSSR count). The van der Waals surface area contributed by atoms with Crippen molar-refractivity contribution in [1.29, 1.82) is 0 Å². The molecule has 0 radical (unpaired) electrons. The highest BCUT2D eigenvalue weighted by atomic mass is 19.1. The van der Waals surface area contributed by atoms with Gasteiger partial charge in [0.25, 0.3) is 5.56 Å². The standard InChI is InChI=1S/C22H16F4N2O3/c1-12(3-14-5-16(23)9-17(24)6-14)27-20(29)11-21(30)28(22(27)31)13(2)4-15-7-18(25)10-19(26)8-15/h5-11,29H,1-4H2. The Labute approximate surface area is 173 Å². The maximum Gasteiger partial charge on any atom is 0.342 e. The third kappa shape index (κ3) is 4.82. The zero-order chi connectivity index (χ0) is 22.9. The van der Waals surface area contributed by atoms with Gasteiger partial charge in [0, 0.05) is 36.4 Å². The van der Waals surface area contributed by atoms with Crippen molar-refractivity contribution in [1.82, 2.24) is 9.13 Å². The van der Waals surface area contributed by atoms with E-state index < -0.39 is 40.4 Å². The minimum atomic E-state index is -1.05. The fourth-order valence-corrected chi connectivity index (χ4v) is 3.18. The van der Waals surface area contributed by atoms with Crippen LogP contribution in [0.2, 0.25) is 0 Å². The topological polar surface area (TPSA) is 64.2 Å². The molecule has 0 amide bonds. The minimum absolute atomic E-state index is 0.0779. The Hall–Kier alpha value is -3.88. The molecule has 0 saturated heterocycles. The number of aromatic nitrogens is 2. The quantitative estimate of drug-likeness (QED) is 0.605. The van der Waals surface area contributed by atoms with E-state index in [4.69, 9.17) is 0 Å². The molecular weight excluding hydrogens is 416 g/mol. The summed E-state index contributed by atoms with van der Waals surface area (Å²) in [5, 5.41) is 10.1. The second-order valence-electron chi connectivity index (χ2n) is 6.84. The van der Waals surface area contributed by atoms with Crippen LogP contribution in [0.4, 0.5) is 17.6 Å². The molecule has 1 N–H and O–H groups in total. The van der Waals surface area contributed by atoms with Crippen molar-refractivity contribution >= 4 is 11.4 Å². The molecule has 0 unspecified atom stereocenters. The predicted molar refractivity (Wildman–Crippen MR) is 107 cm³/mol.